The van der Waals surface area contributed by atoms with E-state index in [4.69, 9.17) is 4.74 Å². The van der Waals surface area contributed by atoms with Crippen molar-refractivity contribution in [3.63, 3.8) is 0 Å². The first kappa shape index (κ1) is 34.2. The number of esters is 1. The van der Waals surface area contributed by atoms with Crippen molar-refractivity contribution in [1.82, 2.24) is 5.32 Å². The highest BCUT2D eigenvalue weighted by molar-refractivity contribution is 8.00. The van der Waals surface area contributed by atoms with E-state index >= 15 is 0 Å². The van der Waals surface area contributed by atoms with Gasteiger partial charge in [-0.25, -0.2) is 4.79 Å². The number of benzene rings is 2. The van der Waals surface area contributed by atoms with E-state index in [1.807, 2.05) is 42.6 Å². The minimum absolute atomic E-state index is 0.108. The maximum atomic E-state index is 13.6. The van der Waals surface area contributed by atoms with Crippen molar-refractivity contribution in [1.29, 1.82) is 0 Å². The van der Waals surface area contributed by atoms with Crippen molar-refractivity contribution in [2.75, 3.05) is 17.7 Å². The molecule has 3 N–H and O–H groups in total. The fourth-order valence-electron chi connectivity index (χ4n) is 5.31. The van der Waals surface area contributed by atoms with Gasteiger partial charge in [-0.05, 0) is 85.5 Å². The zero-order valence-electron chi connectivity index (χ0n) is 26.3. The molecule has 0 saturated heterocycles. The summed E-state index contributed by atoms with van der Waals surface area (Å²) in [5, 5.41) is 10.7. The van der Waals surface area contributed by atoms with E-state index in [9.17, 15) is 19.2 Å². The van der Waals surface area contributed by atoms with E-state index in [2.05, 4.69) is 16.0 Å². The van der Waals surface area contributed by atoms with Crippen molar-refractivity contribution >= 4 is 74.9 Å². The molecule has 0 spiro atoms. The molecule has 2 heterocycles. The molecule has 0 saturated carbocycles. The maximum absolute atomic E-state index is 13.6. The van der Waals surface area contributed by atoms with Gasteiger partial charge >= 0.3 is 5.97 Å². The standard InChI is InChI=1S/C36H37N3O5S3/c1-3-29(34(42)39-35-31(36(43)44-2)27-18-9-4-5-10-19-30(27)47-35)46-26-16-11-15-24(21-26)37-33(41)28(22-25-17-12-20-45-25)38-32(40)23-13-7-6-8-14-23/h6-8,11-17,20-22,29H,3-5,9-10,18-19H2,1-2H3,(H,37,41)(H,38,40)(H,39,42)/b28-22-. The average molecular weight is 688 g/mol. The minimum atomic E-state index is -0.474. The first-order valence-corrected chi connectivity index (χ1v) is 18.2. The van der Waals surface area contributed by atoms with Crippen LogP contribution in [-0.4, -0.2) is 36.1 Å². The maximum Gasteiger partial charge on any atom is 0.341 e. The molecule has 5 rings (SSSR count). The normalized spacial score (nSPS) is 13.8. The van der Waals surface area contributed by atoms with Crippen LogP contribution < -0.4 is 16.0 Å². The lowest BCUT2D eigenvalue weighted by molar-refractivity contribution is -0.116. The zero-order valence-corrected chi connectivity index (χ0v) is 28.7. The number of rotatable bonds is 11. The second-order valence-corrected chi connectivity index (χ2v) is 14.4. The Bertz CT molecular complexity index is 1750. The number of thiophene rings is 2. The third-order valence-corrected chi connectivity index (χ3v) is 11.1. The topological polar surface area (TPSA) is 114 Å². The Morgan fingerprint density at radius 3 is 2.45 bits per heavy atom. The molecule has 4 aromatic rings. The van der Waals surface area contributed by atoms with Crippen LogP contribution in [0.5, 0.6) is 0 Å². The molecule has 11 heteroatoms. The summed E-state index contributed by atoms with van der Waals surface area (Å²) in [6, 6.07) is 19.7. The second kappa shape index (κ2) is 16.6. The van der Waals surface area contributed by atoms with E-state index in [1.54, 1.807) is 42.5 Å². The number of hydrogen-bond acceptors (Lipinski definition) is 8. The second-order valence-electron chi connectivity index (χ2n) is 11.0. The summed E-state index contributed by atoms with van der Waals surface area (Å²) in [6.07, 6.45) is 8.24. The molecule has 1 aliphatic carbocycles. The molecule has 0 radical (unpaired) electrons. The van der Waals surface area contributed by atoms with Crippen LogP contribution in [0, 0.1) is 0 Å². The Morgan fingerprint density at radius 1 is 0.936 bits per heavy atom. The lowest BCUT2D eigenvalue weighted by Gasteiger charge is -2.16. The summed E-state index contributed by atoms with van der Waals surface area (Å²) in [4.78, 5) is 55.5. The van der Waals surface area contributed by atoms with Crippen LogP contribution in [0.4, 0.5) is 10.7 Å². The summed E-state index contributed by atoms with van der Waals surface area (Å²) >= 11 is 4.32. The Hall–Kier alpha value is -4.19. The van der Waals surface area contributed by atoms with E-state index in [1.165, 1.54) is 41.5 Å². The Morgan fingerprint density at radius 2 is 1.72 bits per heavy atom. The van der Waals surface area contributed by atoms with Gasteiger partial charge in [0.15, 0.2) is 0 Å². The Labute approximate surface area is 287 Å². The van der Waals surface area contributed by atoms with Crippen LogP contribution in [0.3, 0.4) is 0 Å². The van der Waals surface area contributed by atoms with Gasteiger partial charge in [0.1, 0.15) is 10.7 Å². The number of amides is 3. The zero-order chi connectivity index (χ0) is 33.2. The van der Waals surface area contributed by atoms with Crippen LogP contribution in [0.25, 0.3) is 6.08 Å². The van der Waals surface area contributed by atoms with E-state index in [0.29, 0.717) is 28.2 Å². The Balaban J connectivity index is 1.30. The number of ether oxygens (including phenoxy) is 1. The minimum Gasteiger partial charge on any atom is -0.465 e. The lowest BCUT2D eigenvalue weighted by Crippen LogP contribution is -2.30. The van der Waals surface area contributed by atoms with Crippen molar-refractivity contribution in [2.24, 2.45) is 0 Å². The van der Waals surface area contributed by atoms with Gasteiger partial charge in [-0.1, -0.05) is 50.1 Å². The molecule has 0 fully saturated rings. The number of thioether (sulfide) groups is 1. The average Bonchev–Trinajstić information content (AvgIpc) is 3.70. The Kier molecular flexibility index (Phi) is 12.0. The van der Waals surface area contributed by atoms with Crippen molar-refractivity contribution in [2.45, 2.75) is 62.0 Å². The third kappa shape index (κ3) is 9.00. The summed E-state index contributed by atoms with van der Waals surface area (Å²) in [5.74, 6) is -1.48. The SMILES string of the molecule is CCC(Sc1cccc(NC(=O)/C(=C/c2cccs2)NC(=O)c2ccccc2)c1)C(=O)Nc1sc2c(c1C(=O)OC)CCCCCC2. The highest BCUT2D eigenvalue weighted by Crippen LogP contribution is 2.38. The molecule has 2 aromatic heterocycles. The molecule has 1 atom stereocenters. The molecular weight excluding hydrogens is 651 g/mol. The highest BCUT2D eigenvalue weighted by Gasteiger charge is 2.28. The van der Waals surface area contributed by atoms with Crippen molar-refractivity contribution < 1.29 is 23.9 Å². The van der Waals surface area contributed by atoms with Gasteiger partial charge in [-0.3, -0.25) is 14.4 Å². The van der Waals surface area contributed by atoms with Gasteiger partial charge in [0.05, 0.1) is 17.9 Å². The number of carbonyl (C=O) groups is 4. The number of anilines is 2. The fourth-order valence-corrected chi connectivity index (χ4v) is 8.26. The quantitative estimate of drug-likeness (QED) is 0.0833. The molecule has 1 unspecified atom stereocenters. The number of carbonyl (C=O) groups excluding carboxylic acids is 4. The third-order valence-electron chi connectivity index (χ3n) is 7.69. The molecular formula is C36H37N3O5S3. The number of aryl methyl sites for hydroxylation is 1. The van der Waals surface area contributed by atoms with Gasteiger partial charge in [-0.15, -0.1) is 34.4 Å². The van der Waals surface area contributed by atoms with Crippen LogP contribution >= 0.6 is 34.4 Å². The van der Waals surface area contributed by atoms with E-state index < -0.39 is 23.0 Å². The van der Waals surface area contributed by atoms with Gasteiger partial charge in [0.2, 0.25) is 5.91 Å². The molecule has 0 aliphatic heterocycles. The molecule has 8 nitrogen and oxygen atoms in total. The molecule has 2 aromatic carbocycles. The van der Waals surface area contributed by atoms with Crippen LogP contribution in [0.15, 0.2) is 82.7 Å². The molecule has 3 amide bonds. The van der Waals surface area contributed by atoms with E-state index in [-0.39, 0.29) is 11.6 Å². The smallest absolute Gasteiger partial charge is 0.341 e. The van der Waals surface area contributed by atoms with Gasteiger partial charge < -0.3 is 20.7 Å². The first-order chi connectivity index (χ1) is 22.9. The predicted octanol–water partition coefficient (Wildman–Crippen LogP) is 8.17. The largest absolute Gasteiger partial charge is 0.465 e. The van der Waals surface area contributed by atoms with Gasteiger partial charge in [0, 0.05) is 25.9 Å². The van der Waals surface area contributed by atoms with Gasteiger partial charge in [-0.2, -0.15) is 0 Å². The summed E-state index contributed by atoms with van der Waals surface area (Å²) in [6.45, 7) is 1.94. The molecule has 0 bridgehead atoms. The molecule has 47 heavy (non-hydrogen) atoms. The van der Waals surface area contributed by atoms with Gasteiger partial charge in [0.25, 0.3) is 11.8 Å². The van der Waals surface area contributed by atoms with Crippen molar-refractivity contribution in [3.05, 3.63) is 104 Å². The summed E-state index contributed by atoms with van der Waals surface area (Å²) in [5.41, 5.74) is 2.56. The summed E-state index contributed by atoms with van der Waals surface area (Å²) < 4.78 is 5.12. The van der Waals surface area contributed by atoms with Crippen LogP contribution in [-0.2, 0) is 27.2 Å². The number of fused-ring (bicyclic) bond motifs is 1. The lowest BCUT2D eigenvalue weighted by atomic mass is 9.96. The van der Waals surface area contributed by atoms with Crippen LogP contribution in [0.2, 0.25) is 0 Å². The number of nitrogens with one attached hydrogen (secondary N) is 3. The monoisotopic (exact) mass is 687 g/mol. The highest BCUT2D eigenvalue weighted by atomic mass is 32.2. The fraction of sp³-hybridized carbons (Fsp3) is 0.278. The summed E-state index contributed by atoms with van der Waals surface area (Å²) in [7, 11) is 1.37. The number of methoxy groups -OCH3 is 1. The molecule has 244 valence electrons. The van der Waals surface area contributed by atoms with E-state index in [0.717, 1.165) is 58.7 Å². The number of hydrogen-bond donors (Lipinski definition) is 3. The van der Waals surface area contributed by atoms with Crippen LogP contribution in [0.1, 0.15) is 75.1 Å². The molecule has 1 aliphatic rings. The van der Waals surface area contributed by atoms with Crippen molar-refractivity contribution in [3.8, 4) is 0 Å². The first-order valence-electron chi connectivity index (χ1n) is 15.6. The predicted molar refractivity (Wildman–Crippen MR) is 191 cm³/mol.